The number of aromatic nitrogens is 2. The molecule has 0 atom stereocenters. The van der Waals surface area contributed by atoms with Crippen LogP contribution in [0.3, 0.4) is 0 Å². The van der Waals surface area contributed by atoms with Crippen molar-refractivity contribution >= 4 is 16.0 Å². The van der Waals surface area contributed by atoms with Gasteiger partial charge in [0.2, 0.25) is 15.9 Å². The van der Waals surface area contributed by atoms with Crippen LogP contribution in [0.5, 0.6) is 0 Å². The molecule has 0 aliphatic rings. The van der Waals surface area contributed by atoms with Gasteiger partial charge in [-0.05, 0) is 24.6 Å². The lowest BCUT2D eigenvalue weighted by atomic mass is 10.2. The smallest absolute Gasteiger partial charge is 0.307 e. The first kappa shape index (κ1) is 15.1. The van der Waals surface area contributed by atoms with Gasteiger partial charge in [0.1, 0.15) is 0 Å². The van der Waals surface area contributed by atoms with Gasteiger partial charge in [-0.15, -0.1) is 0 Å². The Bertz CT molecular complexity index is 737. The van der Waals surface area contributed by atoms with Crippen molar-refractivity contribution in [3.8, 4) is 0 Å². The van der Waals surface area contributed by atoms with Crippen LogP contribution in [0, 0.1) is 6.92 Å². The van der Waals surface area contributed by atoms with Crippen LogP contribution in [0.15, 0.2) is 33.7 Å². The van der Waals surface area contributed by atoms with Crippen molar-refractivity contribution in [2.24, 2.45) is 0 Å². The predicted octanol–water partition coefficient (Wildman–Crippen LogP) is 0.484. The lowest BCUT2D eigenvalue weighted by Gasteiger charge is -2.05. The molecule has 0 radical (unpaired) electrons. The highest BCUT2D eigenvalue weighted by Gasteiger charge is 2.15. The van der Waals surface area contributed by atoms with Gasteiger partial charge in [-0.25, -0.2) is 13.1 Å². The average Bonchev–Trinajstić information content (AvgIpc) is 2.82. The number of rotatable bonds is 6. The summed E-state index contributed by atoms with van der Waals surface area (Å²) in [6.45, 7) is 1.52. The first-order valence-corrected chi connectivity index (χ1v) is 7.45. The van der Waals surface area contributed by atoms with Gasteiger partial charge in [-0.1, -0.05) is 17.3 Å². The molecule has 2 N–H and O–H groups in total. The third-order valence-electron chi connectivity index (χ3n) is 2.57. The molecule has 0 aliphatic heterocycles. The fraction of sp³-hybridized carbons (Fsp3) is 0.250. The zero-order valence-corrected chi connectivity index (χ0v) is 11.9. The molecule has 0 spiro atoms. The quantitative estimate of drug-likeness (QED) is 0.795. The Morgan fingerprint density at radius 1 is 1.33 bits per heavy atom. The number of sulfonamides is 1. The van der Waals surface area contributed by atoms with E-state index in [0.29, 0.717) is 11.4 Å². The van der Waals surface area contributed by atoms with Crippen LogP contribution in [0.25, 0.3) is 0 Å². The van der Waals surface area contributed by atoms with Crippen molar-refractivity contribution in [3.05, 3.63) is 41.5 Å². The first-order chi connectivity index (χ1) is 9.87. The largest absolute Gasteiger partial charge is 0.481 e. The van der Waals surface area contributed by atoms with Crippen LogP contribution in [-0.4, -0.2) is 29.6 Å². The highest BCUT2D eigenvalue weighted by Crippen LogP contribution is 2.11. The molecule has 0 bridgehead atoms. The highest BCUT2D eigenvalue weighted by atomic mass is 32.2. The Hall–Kier alpha value is -2.26. The number of carbonyl (C=O) groups is 1. The minimum absolute atomic E-state index is 0.0351. The molecule has 0 amide bonds. The molecule has 9 heteroatoms. The van der Waals surface area contributed by atoms with Crippen molar-refractivity contribution in [1.82, 2.24) is 14.9 Å². The van der Waals surface area contributed by atoms with Crippen molar-refractivity contribution in [2.45, 2.75) is 24.8 Å². The highest BCUT2D eigenvalue weighted by molar-refractivity contribution is 7.89. The molecule has 1 aromatic heterocycles. The van der Waals surface area contributed by atoms with Gasteiger partial charge in [0.25, 0.3) is 0 Å². The summed E-state index contributed by atoms with van der Waals surface area (Å²) >= 11 is 0. The van der Waals surface area contributed by atoms with E-state index in [9.17, 15) is 13.2 Å². The standard InChI is InChI=1S/C12H13N3O5S/c1-8-14-11(20-15-8)7-13-21(18,19)10-4-2-9(3-5-10)6-12(16)17/h2-5,13H,6-7H2,1H3,(H,16,17). The number of hydrogen-bond acceptors (Lipinski definition) is 6. The molecule has 1 heterocycles. The molecule has 21 heavy (non-hydrogen) atoms. The number of nitrogens with zero attached hydrogens (tertiary/aromatic N) is 2. The Kier molecular flexibility index (Phi) is 4.34. The number of nitrogens with one attached hydrogen (secondary N) is 1. The van der Waals surface area contributed by atoms with E-state index in [1.807, 2.05) is 0 Å². The van der Waals surface area contributed by atoms with Gasteiger partial charge in [0.15, 0.2) is 5.82 Å². The van der Waals surface area contributed by atoms with Gasteiger partial charge in [-0.3, -0.25) is 4.79 Å². The van der Waals surface area contributed by atoms with Crippen molar-refractivity contribution < 1.29 is 22.8 Å². The lowest BCUT2D eigenvalue weighted by molar-refractivity contribution is -0.136. The molecule has 0 saturated carbocycles. The number of benzene rings is 1. The second-order valence-corrected chi connectivity index (χ2v) is 6.04. The molecule has 2 aromatic rings. The molecule has 0 unspecified atom stereocenters. The second-order valence-electron chi connectivity index (χ2n) is 4.27. The Morgan fingerprint density at radius 2 is 2.00 bits per heavy atom. The number of carboxylic acid groups (broad SMARTS) is 1. The van der Waals surface area contributed by atoms with E-state index >= 15 is 0 Å². The van der Waals surface area contributed by atoms with E-state index in [2.05, 4.69) is 14.9 Å². The van der Waals surface area contributed by atoms with E-state index in [4.69, 9.17) is 9.63 Å². The summed E-state index contributed by atoms with van der Waals surface area (Å²) in [5, 5.41) is 12.2. The van der Waals surface area contributed by atoms with E-state index in [0.717, 1.165) is 0 Å². The molecule has 0 saturated heterocycles. The summed E-state index contributed by atoms with van der Waals surface area (Å²) in [6, 6.07) is 5.61. The van der Waals surface area contributed by atoms with Crippen LogP contribution in [0.2, 0.25) is 0 Å². The molecular formula is C12H13N3O5S. The molecule has 2 rings (SSSR count). The Balaban J connectivity index is 2.06. The second kappa shape index (κ2) is 6.02. The monoisotopic (exact) mass is 311 g/mol. The summed E-state index contributed by atoms with van der Waals surface area (Å²) < 4.78 is 31.2. The first-order valence-electron chi connectivity index (χ1n) is 5.96. The Morgan fingerprint density at radius 3 is 2.52 bits per heavy atom. The minimum Gasteiger partial charge on any atom is -0.481 e. The van der Waals surface area contributed by atoms with Gasteiger partial charge in [-0.2, -0.15) is 4.98 Å². The average molecular weight is 311 g/mol. The molecule has 112 valence electrons. The summed E-state index contributed by atoms with van der Waals surface area (Å²) in [4.78, 5) is 14.5. The van der Waals surface area contributed by atoms with Crippen LogP contribution in [0.4, 0.5) is 0 Å². The van der Waals surface area contributed by atoms with E-state index < -0.39 is 16.0 Å². The van der Waals surface area contributed by atoms with Crippen LogP contribution < -0.4 is 4.72 Å². The normalized spacial score (nSPS) is 11.5. The van der Waals surface area contributed by atoms with Crippen LogP contribution >= 0.6 is 0 Å². The number of aliphatic carboxylic acids is 1. The van der Waals surface area contributed by atoms with E-state index in [1.165, 1.54) is 24.3 Å². The summed E-state index contributed by atoms with van der Waals surface area (Å²) in [5.74, 6) is -0.392. The third-order valence-corrected chi connectivity index (χ3v) is 3.99. The van der Waals surface area contributed by atoms with Crippen molar-refractivity contribution in [2.75, 3.05) is 0 Å². The fourth-order valence-electron chi connectivity index (χ4n) is 1.61. The molecule has 0 fully saturated rings. The van der Waals surface area contributed by atoms with Gasteiger partial charge >= 0.3 is 5.97 Å². The van der Waals surface area contributed by atoms with Gasteiger partial charge in [0.05, 0.1) is 17.9 Å². The lowest BCUT2D eigenvalue weighted by Crippen LogP contribution is -2.23. The number of carboxylic acids is 1. The van der Waals surface area contributed by atoms with Gasteiger partial charge in [0, 0.05) is 0 Å². The number of aryl methyl sites for hydroxylation is 1. The van der Waals surface area contributed by atoms with Gasteiger partial charge < -0.3 is 9.63 Å². The van der Waals surface area contributed by atoms with Crippen LogP contribution in [-0.2, 0) is 27.8 Å². The van der Waals surface area contributed by atoms with Crippen molar-refractivity contribution in [1.29, 1.82) is 0 Å². The van der Waals surface area contributed by atoms with E-state index in [-0.39, 0.29) is 23.8 Å². The zero-order chi connectivity index (χ0) is 15.5. The summed E-state index contributed by atoms with van der Waals surface area (Å²) in [6.07, 6.45) is -0.158. The molecule has 8 nitrogen and oxygen atoms in total. The van der Waals surface area contributed by atoms with Crippen LogP contribution in [0.1, 0.15) is 17.3 Å². The maximum Gasteiger partial charge on any atom is 0.307 e. The Labute approximate surface area is 120 Å². The predicted molar refractivity (Wildman–Crippen MR) is 70.8 cm³/mol. The fourth-order valence-corrected chi connectivity index (χ4v) is 2.59. The zero-order valence-electron chi connectivity index (χ0n) is 11.1. The SMILES string of the molecule is Cc1noc(CNS(=O)(=O)c2ccc(CC(=O)O)cc2)n1. The summed E-state index contributed by atoms with van der Waals surface area (Å²) in [7, 11) is -3.72. The van der Waals surface area contributed by atoms with Crippen molar-refractivity contribution in [3.63, 3.8) is 0 Å². The topological polar surface area (TPSA) is 122 Å². The molecule has 1 aromatic carbocycles. The number of hydrogen-bond donors (Lipinski definition) is 2. The maximum absolute atomic E-state index is 12.0. The van der Waals surface area contributed by atoms with E-state index in [1.54, 1.807) is 6.92 Å². The maximum atomic E-state index is 12.0. The molecule has 0 aliphatic carbocycles. The molecular weight excluding hydrogens is 298 g/mol. The minimum atomic E-state index is -3.72. The third kappa shape index (κ3) is 4.10. The summed E-state index contributed by atoms with van der Waals surface area (Å²) in [5.41, 5.74) is 0.522.